The van der Waals surface area contributed by atoms with E-state index in [1.54, 1.807) is 0 Å². The third-order valence-corrected chi connectivity index (χ3v) is 1.49. The number of benzene rings is 1. The number of rotatable bonds is 0. The number of halogens is 1. The molecule has 1 heterocycles. The maximum atomic E-state index is 3.89. The summed E-state index contributed by atoms with van der Waals surface area (Å²) < 4.78 is 0. The van der Waals surface area contributed by atoms with E-state index in [0.29, 0.717) is 0 Å². The molecule has 1 aromatic carbocycles. The number of nitrogens with zero attached hydrogens (tertiary/aromatic N) is 1. The summed E-state index contributed by atoms with van der Waals surface area (Å²) in [5.41, 5.74) is 0. The average molecular weight is 273 g/mol. The Hall–Kier alpha value is -0.267. The normalized spacial score (nSPS) is 8.92. The van der Waals surface area contributed by atoms with Crippen LogP contribution in [0, 0.1) is 6.20 Å². The van der Waals surface area contributed by atoms with Crippen molar-refractivity contribution in [2.45, 2.75) is 0 Å². The summed E-state index contributed by atoms with van der Waals surface area (Å²) in [7, 11) is 0. The van der Waals surface area contributed by atoms with Gasteiger partial charge in [0.25, 0.3) is 0 Å². The molecule has 0 spiro atoms. The van der Waals surface area contributed by atoms with Gasteiger partial charge in [-0.2, -0.15) is 6.07 Å². The maximum absolute atomic E-state index is 3.89. The van der Waals surface area contributed by atoms with Gasteiger partial charge in [0.15, 0.2) is 0 Å². The first-order valence-corrected chi connectivity index (χ1v) is 10.4. The molecule has 3 heteroatoms. The molecule has 0 N–H and O–H groups in total. The zero-order chi connectivity index (χ0) is 8.81. The van der Waals surface area contributed by atoms with Crippen LogP contribution in [-0.2, 0) is 16.3 Å². The smallest absolute Gasteiger partial charge is 0.0647 e. The molecule has 0 aliphatic rings. The Kier molecular flexibility index (Phi) is 4.41. The van der Waals surface area contributed by atoms with Crippen LogP contribution in [0.15, 0.2) is 36.5 Å². The van der Waals surface area contributed by atoms with Crippen molar-refractivity contribution < 1.29 is 16.3 Å². The van der Waals surface area contributed by atoms with E-state index in [1.807, 2.05) is 36.5 Å². The Morgan fingerprint density at radius 3 is 2.50 bits per heavy atom. The summed E-state index contributed by atoms with van der Waals surface area (Å²) in [6.45, 7) is 0. The first kappa shape index (κ1) is 9.82. The Balaban J connectivity index is 0.000000336. The third-order valence-electron chi connectivity index (χ3n) is 1.49. The third kappa shape index (κ3) is 2.36. The standard InChI is InChI=1S/C9H6N.BrH.Zn/c1-2-4-9-7-10-6-5-8(9)3-1;;/h1-5,7H;1H;/q-1;;+2/p-1. The van der Waals surface area contributed by atoms with Crippen LogP contribution in [0.2, 0.25) is 0 Å². The second-order valence-corrected chi connectivity index (χ2v) is 2.16. The summed E-state index contributed by atoms with van der Waals surface area (Å²) >= 11 is 4.25. The van der Waals surface area contributed by atoms with Gasteiger partial charge in [0, 0.05) is 0 Å². The maximum Gasteiger partial charge on any atom is -0.0647 e. The fraction of sp³-hybridized carbons (Fsp3) is 0. The molecule has 0 aliphatic carbocycles. The minimum absolute atomic E-state index is 1.17. The predicted molar refractivity (Wildman–Crippen MR) is 49.5 cm³/mol. The van der Waals surface area contributed by atoms with Crippen LogP contribution < -0.4 is 0 Å². The first-order valence-electron chi connectivity index (χ1n) is 3.44. The molecule has 0 radical (unpaired) electrons. The topological polar surface area (TPSA) is 12.9 Å². The van der Waals surface area contributed by atoms with E-state index in [2.05, 4.69) is 24.8 Å². The van der Waals surface area contributed by atoms with Gasteiger partial charge in [-0.25, -0.2) is 0 Å². The van der Waals surface area contributed by atoms with Crippen molar-refractivity contribution in [3.05, 3.63) is 42.7 Å². The van der Waals surface area contributed by atoms with Gasteiger partial charge in [0.2, 0.25) is 0 Å². The second-order valence-electron chi connectivity index (χ2n) is 2.16. The van der Waals surface area contributed by atoms with E-state index in [9.17, 15) is 0 Å². The number of pyridine rings is 1. The van der Waals surface area contributed by atoms with Crippen LogP contribution in [0.4, 0.5) is 0 Å². The van der Waals surface area contributed by atoms with Gasteiger partial charge >= 0.3 is 30.0 Å². The van der Waals surface area contributed by atoms with E-state index < -0.39 is 0 Å². The quantitative estimate of drug-likeness (QED) is 0.531. The number of hydrogen-bond donors (Lipinski definition) is 0. The van der Waals surface area contributed by atoms with Gasteiger partial charge in [0.1, 0.15) is 0 Å². The molecule has 0 atom stereocenters. The molecule has 12 heavy (non-hydrogen) atoms. The number of hydrogen-bond acceptors (Lipinski definition) is 1. The van der Waals surface area contributed by atoms with Crippen LogP contribution in [0.1, 0.15) is 0 Å². The molecule has 0 bridgehead atoms. The van der Waals surface area contributed by atoms with Gasteiger partial charge in [-0.1, -0.05) is 30.6 Å². The van der Waals surface area contributed by atoms with Crippen molar-refractivity contribution >= 4 is 24.4 Å². The van der Waals surface area contributed by atoms with Crippen LogP contribution in [0.5, 0.6) is 0 Å². The van der Waals surface area contributed by atoms with Crippen LogP contribution in [-0.4, -0.2) is 4.98 Å². The molecule has 0 saturated heterocycles. The Labute approximate surface area is 88.2 Å². The molecule has 0 aliphatic heterocycles. The van der Waals surface area contributed by atoms with Crippen LogP contribution in [0.25, 0.3) is 10.8 Å². The zero-order valence-electron chi connectivity index (χ0n) is 6.50. The van der Waals surface area contributed by atoms with Crippen molar-refractivity contribution in [3.63, 3.8) is 0 Å². The largest absolute Gasteiger partial charge is 0.394 e. The summed E-state index contributed by atoms with van der Waals surface area (Å²) in [4.78, 5) is 3.89. The van der Waals surface area contributed by atoms with E-state index in [1.165, 1.54) is 27.1 Å². The summed E-state index contributed by atoms with van der Waals surface area (Å²) in [5.74, 6) is 0. The Bertz CT molecular complexity index is 286. The van der Waals surface area contributed by atoms with Crippen molar-refractivity contribution in [1.82, 2.24) is 4.98 Å². The molecule has 0 fully saturated rings. The van der Waals surface area contributed by atoms with E-state index in [0.717, 1.165) is 0 Å². The van der Waals surface area contributed by atoms with Crippen molar-refractivity contribution in [2.24, 2.45) is 0 Å². The summed E-state index contributed by atoms with van der Waals surface area (Å²) in [6, 6.07) is 9.99. The van der Waals surface area contributed by atoms with Crippen LogP contribution in [0.3, 0.4) is 0 Å². The molecule has 1 nitrogen and oxygen atoms in total. The second kappa shape index (κ2) is 5.39. The van der Waals surface area contributed by atoms with E-state index in [-0.39, 0.29) is 0 Å². The van der Waals surface area contributed by atoms with Crippen molar-refractivity contribution in [2.75, 3.05) is 0 Å². The number of fused-ring (bicyclic) bond motifs is 1. The zero-order valence-corrected chi connectivity index (χ0v) is 11.0. The van der Waals surface area contributed by atoms with Crippen molar-refractivity contribution in [1.29, 1.82) is 0 Å². The van der Waals surface area contributed by atoms with Crippen molar-refractivity contribution in [3.8, 4) is 0 Å². The van der Waals surface area contributed by atoms with Gasteiger partial charge in [0.05, 0.1) is 0 Å². The predicted octanol–water partition coefficient (Wildman–Crippen LogP) is 2.88. The minimum atomic E-state index is 1.17. The molecule has 1 aromatic heterocycles. The SMILES string of the molecule is [Zn+][Br].[c-]1cc2ccccc2cn1. The molecular formula is C9H6BrNZn. The van der Waals surface area contributed by atoms with Gasteiger partial charge < -0.3 is 4.98 Å². The van der Waals surface area contributed by atoms with Gasteiger partial charge in [-0.05, 0) is 0 Å². The summed E-state index contributed by atoms with van der Waals surface area (Å²) in [5, 5.41) is 2.36. The molecule has 56 valence electrons. The molecular weight excluding hydrogens is 267 g/mol. The first-order chi connectivity index (χ1) is 5.97. The molecule has 0 unspecified atom stereocenters. The molecule has 0 saturated carbocycles. The Morgan fingerprint density at radius 2 is 1.83 bits per heavy atom. The van der Waals surface area contributed by atoms with E-state index in [4.69, 9.17) is 0 Å². The monoisotopic (exact) mass is 271 g/mol. The van der Waals surface area contributed by atoms with Crippen LogP contribution >= 0.6 is 13.6 Å². The van der Waals surface area contributed by atoms with E-state index >= 15 is 0 Å². The average Bonchev–Trinajstić information content (AvgIpc) is 2.21. The summed E-state index contributed by atoms with van der Waals surface area (Å²) in [6.07, 6.45) is 4.60. The molecule has 2 aromatic rings. The van der Waals surface area contributed by atoms with Gasteiger partial charge in [-0.15, -0.1) is 16.8 Å². The minimum Gasteiger partial charge on any atom is -0.394 e. The fourth-order valence-corrected chi connectivity index (χ4v) is 0.974. The Morgan fingerprint density at radius 1 is 1.17 bits per heavy atom. The molecule has 0 amide bonds. The fourth-order valence-electron chi connectivity index (χ4n) is 0.974. The number of aromatic nitrogens is 1. The molecule has 2 rings (SSSR count). The van der Waals surface area contributed by atoms with Gasteiger partial charge in [-0.3, -0.25) is 0 Å².